The molecule has 1 aliphatic rings. The van der Waals surface area contributed by atoms with Gasteiger partial charge >= 0.3 is 0 Å². The molecule has 26 heavy (non-hydrogen) atoms. The summed E-state index contributed by atoms with van der Waals surface area (Å²) in [6.45, 7) is 8.33. The third-order valence-electron chi connectivity index (χ3n) is 6.48. The molecule has 0 spiro atoms. The molecule has 1 aliphatic heterocycles. The van der Waals surface area contributed by atoms with Gasteiger partial charge in [0.15, 0.2) is 9.04 Å². The average Bonchev–Trinajstić information content (AvgIpc) is 2.65. The van der Waals surface area contributed by atoms with Crippen LogP contribution in [-0.4, -0.2) is 15.6 Å². The van der Waals surface area contributed by atoms with Gasteiger partial charge in [0, 0.05) is 6.61 Å². The lowest BCUT2D eigenvalue weighted by molar-refractivity contribution is 0.263. The molecule has 0 amide bonds. The minimum Gasteiger partial charge on any atom is -0.420 e. The predicted molar refractivity (Wildman–Crippen MR) is 121 cm³/mol. The maximum atomic E-state index is 6.16. The molecule has 1 atom stereocenters. The lowest BCUT2D eigenvalue weighted by Crippen LogP contribution is -2.34. The fraction of sp³-hybridized carbons (Fsp3) is 1.00. The van der Waals surface area contributed by atoms with Crippen LogP contribution in [0.2, 0.25) is 11.1 Å². The van der Waals surface area contributed by atoms with Crippen molar-refractivity contribution >= 4 is 9.04 Å². The Kier molecular flexibility index (Phi) is 15.1. The van der Waals surface area contributed by atoms with Crippen molar-refractivity contribution in [1.29, 1.82) is 0 Å². The summed E-state index contributed by atoms with van der Waals surface area (Å²) in [7, 11) is -0.928. The highest BCUT2D eigenvalue weighted by Crippen LogP contribution is 2.39. The molecule has 2 heteroatoms. The molecule has 1 fully saturated rings. The molecule has 1 heterocycles. The molecular weight excluding hydrogens is 332 g/mol. The van der Waals surface area contributed by atoms with Crippen LogP contribution in [0.25, 0.3) is 0 Å². The molecule has 1 saturated heterocycles. The van der Waals surface area contributed by atoms with Gasteiger partial charge in [-0.1, -0.05) is 124 Å². The van der Waals surface area contributed by atoms with Gasteiger partial charge in [0.05, 0.1) is 0 Å². The highest BCUT2D eigenvalue weighted by molar-refractivity contribution is 6.55. The van der Waals surface area contributed by atoms with Crippen molar-refractivity contribution in [3.63, 3.8) is 0 Å². The first kappa shape index (κ1) is 24.2. The van der Waals surface area contributed by atoms with E-state index in [2.05, 4.69) is 20.8 Å². The normalized spacial score (nSPS) is 18.3. The van der Waals surface area contributed by atoms with Crippen molar-refractivity contribution in [3.8, 4) is 0 Å². The second-order valence-electron chi connectivity index (χ2n) is 9.54. The maximum absolute atomic E-state index is 6.16. The van der Waals surface area contributed by atoms with Crippen molar-refractivity contribution in [3.05, 3.63) is 0 Å². The van der Waals surface area contributed by atoms with Gasteiger partial charge in [-0.2, -0.15) is 0 Å². The first-order chi connectivity index (χ1) is 12.7. The molecule has 0 aromatic heterocycles. The van der Waals surface area contributed by atoms with Gasteiger partial charge in [0.1, 0.15) is 0 Å². The Labute approximate surface area is 167 Å². The summed E-state index contributed by atoms with van der Waals surface area (Å²) in [5.74, 6) is 0. The molecule has 0 N–H and O–H groups in total. The molecule has 0 bridgehead atoms. The van der Waals surface area contributed by atoms with Crippen LogP contribution in [0.1, 0.15) is 136 Å². The second-order valence-corrected chi connectivity index (χ2v) is 13.0. The number of hydrogen-bond donors (Lipinski definition) is 0. The second kappa shape index (κ2) is 16.2. The quantitative estimate of drug-likeness (QED) is 0.181. The third-order valence-corrected chi connectivity index (χ3v) is 10.1. The molecule has 0 radical (unpaired) electrons. The molecule has 1 nitrogen and oxygen atoms in total. The minimum atomic E-state index is -0.928. The summed E-state index contributed by atoms with van der Waals surface area (Å²) in [6, 6.07) is 1.42. The summed E-state index contributed by atoms with van der Waals surface area (Å²) >= 11 is 0. The standard InChI is InChI=1S/C24H50OSi/c1-4-5-6-7-8-9-10-11-12-13-14-15-16-17-18-21-24(2,3)26-23-20-19-22-25-26/h26H,4-23H2,1-3H3. The summed E-state index contributed by atoms with van der Waals surface area (Å²) < 4.78 is 6.16. The highest BCUT2D eigenvalue weighted by atomic mass is 28.3. The van der Waals surface area contributed by atoms with Crippen molar-refractivity contribution in [2.75, 3.05) is 6.61 Å². The summed E-state index contributed by atoms with van der Waals surface area (Å²) in [6.07, 6.45) is 26.0. The molecule has 0 aromatic rings. The van der Waals surface area contributed by atoms with E-state index in [0.29, 0.717) is 5.04 Å². The predicted octanol–water partition coefficient (Wildman–Crippen LogP) is 8.56. The third kappa shape index (κ3) is 12.5. The van der Waals surface area contributed by atoms with E-state index in [9.17, 15) is 0 Å². The summed E-state index contributed by atoms with van der Waals surface area (Å²) in [4.78, 5) is 0. The zero-order chi connectivity index (χ0) is 18.9. The van der Waals surface area contributed by atoms with Gasteiger partial charge in [0.2, 0.25) is 0 Å². The Hall–Kier alpha value is 0.177. The van der Waals surface area contributed by atoms with Gasteiger partial charge in [-0.15, -0.1) is 0 Å². The SMILES string of the molecule is CCCCCCCCCCCCCCCCCC(C)(C)[SiH]1CCCCO1. The van der Waals surface area contributed by atoms with Crippen LogP contribution in [-0.2, 0) is 4.43 Å². The molecular formula is C24H50OSi. The smallest absolute Gasteiger partial charge is 0.182 e. The Bertz CT molecular complexity index is 297. The van der Waals surface area contributed by atoms with Crippen LogP contribution in [0.15, 0.2) is 0 Å². The summed E-state index contributed by atoms with van der Waals surface area (Å²) in [5, 5.41) is 0.525. The first-order valence-corrected chi connectivity index (χ1v) is 14.1. The van der Waals surface area contributed by atoms with E-state index >= 15 is 0 Å². The molecule has 0 aliphatic carbocycles. The van der Waals surface area contributed by atoms with Crippen molar-refractivity contribution < 1.29 is 4.43 Å². The van der Waals surface area contributed by atoms with E-state index in [1.807, 2.05) is 0 Å². The van der Waals surface area contributed by atoms with E-state index in [0.717, 1.165) is 6.61 Å². The monoisotopic (exact) mass is 382 g/mol. The fourth-order valence-corrected chi connectivity index (χ4v) is 7.51. The molecule has 0 saturated carbocycles. The van der Waals surface area contributed by atoms with Crippen LogP contribution in [0.5, 0.6) is 0 Å². The van der Waals surface area contributed by atoms with Gasteiger partial charge < -0.3 is 4.43 Å². The minimum absolute atomic E-state index is 0.525. The van der Waals surface area contributed by atoms with Crippen molar-refractivity contribution in [1.82, 2.24) is 0 Å². The van der Waals surface area contributed by atoms with Gasteiger partial charge in [-0.3, -0.25) is 0 Å². The largest absolute Gasteiger partial charge is 0.420 e. The topological polar surface area (TPSA) is 9.23 Å². The van der Waals surface area contributed by atoms with E-state index < -0.39 is 9.04 Å². The lowest BCUT2D eigenvalue weighted by Gasteiger charge is -2.35. The van der Waals surface area contributed by atoms with Gasteiger partial charge in [-0.05, 0) is 23.9 Å². The number of rotatable bonds is 17. The van der Waals surface area contributed by atoms with Gasteiger partial charge in [-0.25, -0.2) is 0 Å². The Morgan fingerprint density at radius 2 is 1.12 bits per heavy atom. The summed E-state index contributed by atoms with van der Waals surface area (Å²) in [5.41, 5.74) is 0. The Balaban J connectivity index is 1.80. The van der Waals surface area contributed by atoms with Crippen LogP contribution in [0.4, 0.5) is 0 Å². The number of unbranched alkanes of at least 4 members (excludes halogenated alkanes) is 14. The zero-order valence-electron chi connectivity index (χ0n) is 18.6. The van der Waals surface area contributed by atoms with Crippen LogP contribution in [0.3, 0.4) is 0 Å². The van der Waals surface area contributed by atoms with Crippen LogP contribution >= 0.6 is 0 Å². The van der Waals surface area contributed by atoms with Crippen LogP contribution in [0, 0.1) is 0 Å². The molecule has 156 valence electrons. The maximum Gasteiger partial charge on any atom is 0.182 e. The molecule has 1 rings (SSSR count). The average molecular weight is 383 g/mol. The fourth-order valence-electron chi connectivity index (χ4n) is 4.47. The zero-order valence-corrected chi connectivity index (χ0v) is 19.8. The lowest BCUT2D eigenvalue weighted by atomic mass is 10.0. The van der Waals surface area contributed by atoms with E-state index in [1.165, 1.54) is 122 Å². The van der Waals surface area contributed by atoms with Crippen molar-refractivity contribution in [2.24, 2.45) is 0 Å². The van der Waals surface area contributed by atoms with E-state index in [-0.39, 0.29) is 0 Å². The molecule has 0 aromatic carbocycles. The van der Waals surface area contributed by atoms with E-state index in [4.69, 9.17) is 4.43 Å². The first-order valence-electron chi connectivity index (χ1n) is 12.3. The Morgan fingerprint density at radius 3 is 1.54 bits per heavy atom. The van der Waals surface area contributed by atoms with Crippen LogP contribution < -0.4 is 0 Å². The van der Waals surface area contributed by atoms with Gasteiger partial charge in [0.25, 0.3) is 0 Å². The van der Waals surface area contributed by atoms with E-state index in [1.54, 1.807) is 0 Å². The highest BCUT2D eigenvalue weighted by Gasteiger charge is 2.33. The number of hydrogen-bond acceptors (Lipinski definition) is 1. The Morgan fingerprint density at radius 1 is 0.654 bits per heavy atom. The molecule has 1 unspecified atom stereocenters. The van der Waals surface area contributed by atoms with Crippen molar-refractivity contribution in [2.45, 2.75) is 147 Å².